The normalized spacial score (nSPS) is 17.0. The average Bonchev–Trinajstić information content (AvgIpc) is 3.56. The van der Waals surface area contributed by atoms with Crippen LogP contribution >= 0.6 is 0 Å². The average molecular weight is 587 g/mol. The predicted molar refractivity (Wildman–Crippen MR) is 168 cm³/mol. The summed E-state index contributed by atoms with van der Waals surface area (Å²) in [7, 11) is 0. The van der Waals surface area contributed by atoms with Crippen molar-refractivity contribution in [2.45, 2.75) is 84.7 Å². The van der Waals surface area contributed by atoms with Crippen LogP contribution in [0.15, 0.2) is 36.7 Å². The molecule has 5 rings (SSSR count). The minimum atomic E-state index is -0.354. The van der Waals surface area contributed by atoms with Gasteiger partial charge in [0.2, 0.25) is 0 Å². The van der Waals surface area contributed by atoms with Gasteiger partial charge in [-0.05, 0) is 76.9 Å². The summed E-state index contributed by atoms with van der Waals surface area (Å²) in [5.74, 6) is -0.849. The van der Waals surface area contributed by atoms with Gasteiger partial charge in [0.25, 0.3) is 5.91 Å². The number of likely N-dealkylation sites (tertiary alicyclic amines) is 1. The van der Waals surface area contributed by atoms with E-state index in [1.54, 1.807) is 23.4 Å². The van der Waals surface area contributed by atoms with E-state index in [-0.39, 0.29) is 47.0 Å². The van der Waals surface area contributed by atoms with Crippen molar-refractivity contribution in [2.24, 2.45) is 0 Å². The highest BCUT2D eigenvalue weighted by molar-refractivity contribution is 6.36. The molecule has 4 heterocycles. The Morgan fingerprint density at radius 3 is 2.58 bits per heavy atom. The van der Waals surface area contributed by atoms with Gasteiger partial charge in [0.15, 0.2) is 11.4 Å². The summed E-state index contributed by atoms with van der Waals surface area (Å²) in [6.45, 7) is 8.99. The molecule has 1 amide bonds. The zero-order valence-corrected chi connectivity index (χ0v) is 25.3. The van der Waals surface area contributed by atoms with E-state index in [0.717, 1.165) is 25.7 Å². The first kappa shape index (κ1) is 31.4. The standard InChI is InChI=1S/C28H30FN7O2.C4H9N/c1-14(9-21-7-5-15(2)35(21)28(38)16(3)30)25-24(17(4)37)26(31)36-27(34-25)22(13-33-36)19-10-18-11-20(29)6-8-23(18)32-12-19;1-2-3-4-5/h6,8,10-15,21,30H,5,7,9,31H2,1-4H3;4-5H,2-3H2,1H3. The highest BCUT2D eigenvalue weighted by Crippen LogP contribution is 2.36. The summed E-state index contributed by atoms with van der Waals surface area (Å²) in [5, 5.41) is 19.4. The van der Waals surface area contributed by atoms with Gasteiger partial charge in [0, 0.05) is 40.7 Å². The summed E-state index contributed by atoms with van der Waals surface area (Å²) in [6, 6.07) is 6.21. The SMILES string of the molecule is CC(=N)C(=O)N1C(C)CCC1CC(C)c1nc2c(-c3cnc4ccc(F)cc4c3)cnn2c(N)c1C(C)=O.CCCC=N. The molecule has 0 spiro atoms. The lowest BCUT2D eigenvalue weighted by Crippen LogP contribution is -2.43. The van der Waals surface area contributed by atoms with Crippen molar-refractivity contribution in [3.8, 4) is 11.1 Å². The van der Waals surface area contributed by atoms with Crippen LogP contribution < -0.4 is 5.73 Å². The zero-order valence-electron chi connectivity index (χ0n) is 25.3. The molecule has 1 fully saturated rings. The van der Waals surface area contributed by atoms with Crippen molar-refractivity contribution in [2.75, 3.05) is 5.73 Å². The minimum Gasteiger partial charge on any atom is -0.383 e. The molecule has 43 heavy (non-hydrogen) atoms. The summed E-state index contributed by atoms with van der Waals surface area (Å²) in [6.07, 6.45) is 9.00. The van der Waals surface area contributed by atoms with Crippen LogP contribution in [0.4, 0.5) is 10.2 Å². The van der Waals surface area contributed by atoms with Gasteiger partial charge in [0.05, 0.1) is 28.7 Å². The van der Waals surface area contributed by atoms with Crippen LogP contribution in [0, 0.1) is 16.6 Å². The number of hydrogen-bond donors (Lipinski definition) is 3. The second-order valence-corrected chi connectivity index (χ2v) is 11.2. The molecule has 0 radical (unpaired) electrons. The monoisotopic (exact) mass is 586 g/mol. The molecule has 0 saturated carbocycles. The molecule has 0 aliphatic carbocycles. The molecule has 3 atom stereocenters. The van der Waals surface area contributed by atoms with Crippen LogP contribution in [0.1, 0.15) is 88.7 Å². The fourth-order valence-electron chi connectivity index (χ4n) is 5.73. The molecule has 3 unspecified atom stereocenters. The number of aromatic nitrogens is 4. The molecule has 0 bridgehead atoms. The van der Waals surface area contributed by atoms with Crippen molar-refractivity contribution in [1.29, 1.82) is 10.8 Å². The Morgan fingerprint density at radius 1 is 1.21 bits per heavy atom. The van der Waals surface area contributed by atoms with E-state index in [2.05, 4.69) is 17.0 Å². The van der Waals surface area contributed by atoms with Crippen LogP contribution in [-0.4, -0.2) is 60.2 Å². The van der Waals surface area contributed by atoms with Gasteiger partial charge in [0.1, 0.15) is 11.6 Å². The number of carbonyl (C=O) groups excluding carboxylic acids is 2. The van der Waals surface area contributed by atoms with Gasteiger partial charge in [-0.1, -0.05) is 20.3 Å². The first-order valence-electron chi connectivity index (χ1n) is 14.6. The Hall–Kier alpha value is -4.54. The summed E-state index contributed by atoms with van der Waals surface area (Å²) in [4.78, 5) is 36.6. The number of nitrogens with zero attached hydrogens (tertiary/aromatic N) is 5. The number of rotatable bonds is 8. The molecule has 1 aromatic carbocycles. The number of carbonyl (C=O) groups is 2. The Bertz CT molecular complexity index is 1700. The minimum absolute atomic E-state index is 0.0115. The highest BCUT2D eigenvalue weighted by Gasteiger charge is 2.37. The van der Waals surface area contributed by atoms with Crippen LogP contribution in [0.3, 0.4) is 0 Å². The number of Topliss-reactive ketones (excluding diaryl/α,β-unsaturated/α-hetero) is 1. The first-order valence-corrected chi connectivity index (χ1v) is 14.6. The number of unbranched alkanes of at least 4 members (excludes halogenated alkanes) is 1. The van der Waals surface area contributed by atoms with E-state index in [9.17, 15) is 14.0 Å². The molecule has 4 N–H and O–H groups in total. The number of halogens is 1. The van der Waals surface area contributed by atoms with Crippen LogP contribution in [-0.2, 0) is 4.79 Å². The number of benzene rings is 1. The van der Waals surface area contributed by atoms with E-state index >= 15 is 0 Å². The lowest BCUT2D eigenvalue weighted by molar-refractivity contribution is -0.126. The Kier molecular flexibility index (Phi) is 9.63. The summed E-state index contributed by atoms with van der Waals surface area (Å²) >= 11 is 0. The van der Waals surface area contributed by atoms with Crippen LogP contribution in [0.5, 0.6) is 0 Å². The number of nitrogen functional groups attached to an aromatic ring is 1. The molecule has 1 aliphatic rings. The number of pyridine rings is 1. The Labute approximate surface area is 250 Å². The topological polar surface area (TPSA) is 154 Å². The zero-order chi connectivity index (χ0) is 31.4. The largest absolute Gasteiger partial charge is 0.383 e. The summed E-state index contributed by atoms with van der Waals surface area (Å²) < 4.78 is 15.3. The van der Waals surface area contributed by atoms with Crippen molar-refractivity contribution < 1.29 is 14.0 Å². The number of ketones is 1. The lowest BCUT2D eigenvalue weighted by Gasteiger charge is -2.30. The van der Waals surface area contributed by atoms with Gasteiger partial charge in [-0.15, -0.1) is 0 Å². The van der Waals surface area contributed by atoms with Gasteiger partial charge in [-0.3, -0.25) is 20.0 Å². The van der Waals surface area contributed by atoms with Gasteiger partial charge in [-0.25, -0.2) is 9.37 Å². The maximum atomic E-state index is 13.9. The fraction of sp³-hybridized carbons (Fsp3) is 0.406. The fourth-order valence-corrected chi connectivity index (χ4v) is 5.73. The van der Waals surface area contributed by atoms with Crippen molar-refractivity contribution in [3.05, 3.63) is 53.7 Å². The van der Waals surface area contributed by atoms with E-state index in [4.69, 9.17) is 21.5 Å². The van der Waals surface area contributed by atoms with Crippen LogP contribution in [0.25, 0.3) is 27.7 Å². The number of amides is 1. The molecule has 3 aromatic heterocycles. The maximum Gasteiger partial charge on any atom is 0.267 e. The van der Waals surface area contributed by atoms with Crippen LogP contribution in [0.2, 0.25) is 0 Å². The first-order chi connectivity index (χ1) is 20.5. The molecule has 1 saturated heterocycles. The van der Waals surface area contributed by atoms with Crippen molar-refractivity contribution >= 4 is 46.0 Å². The van der Waals surface area contributed by atoms with E-state index in [0.29, 0.717) is 45.4 Å². The van der Waals surface area contributed by atoms with Crippen molar-refractivity contribution in [1.82, 2.24) is 24.5 Å². The molecule has 226 valence electrons. The number of fused-ring (bicyclic) bond motifs is 2. The third-order valence-corrected chi connectivity index (χ3v) is 7.88. The highest BCUT2D eigenvalue weighted by atomic mass is 19.1. The quantitative estimate of drug-likeness (QED) is 0.165. The number of hydrogen-bond acceptors (Lipinski definition) is 8. The second kappa shape index (κ2) is 13.2. The van der Waals surface area contributed by atoms with Gasteiger partial charge in [-0.2, -0.15) is 9.61 Å². The number of nitrogens with two attached hydrogens (primary N) is 1. The second-order valence-electron chi connectivity index (χ2n) is 11.2. The maximum absolute atomic E-state index is 13.9. The number of nitrogens with one attached hydrogen (secondary N) is 2. The molecule has 10 nitrogen and oxygen atoms in total. The molecular weight excluding hydrogens is 547 g/mol. The van der Waals surface area contributed by atoms with Crippen molar-refractivity contribution in [3.63, 3.8) is 0 Å². The molecular formula is C32H39FN8O2. The third-order valence-electron chi connectivity index (χ3n) is 7.88. The number of anilines is 1. The van der Waals surface area contributed by atoms with Gasteiger partial charge < -0.3 is 16.0 Å². The summed E-state index contributed by atoms with van der Waals surface area (Å²) in [5.41, 5.74) is 9.84. The van der Waals surface area contributed by atoms with Gasteiger partial charge >= 0.3 is 0 Å². The molecule has 1 aliphatic heterocycles. The van der Waals surface area contributed by atoms with E-state index < -0.39 is 0 Å². The molecule has 11 heteroatoms. The smallest absolute Gasteiger partial charge is 0.267 e. The third kappa shape index (κ3) is 6.45. The Morgan fingerprint density at radius 2 is 1.95 bits per heavy atom. The molecule has 4 aromatic rings. The lowest BCUT2D eigenvalue weighted by atomic mass is 9.92. The Balaban J connectivity index is 0.000000782. The van der Waals surface area contributed by atoms with E-state index in [1.807, 2.05) is 19.9 Å². The predicted octanol–water partition coefficient (Wildman–Crippen LogP) is 6.22. The van der Waals surface area contributed by atoms with E-state index in [1.165, 1.54) is 36.7 Å².